The highest BCUT2D eigenvalue weighted by atomic mass is 16.5. The molecule has 3 atom stereocenters. The second kappa shape index (κ2) is 9.32. The standard InChI is InChI=1S/C23H30N2O5/c1-5-30-19-11-10-15(13-20(19)29-4)24-21(26)18(12-14(2)3)25-22(27)16-8-6-7-9-17(16)23(25)28/h6-7,10-11,13-14,16-18H,5,8-9,12H2,1-4H3,(H,24,26)/t16-,17-,18-/m0/s1. The fourth-order valence-electron chi connectivity index (χ4n) is 4.16. The number of ether oxygens (including phenoxy) is 2. The van der Waals surface area contributed by atoms with E-state index in [1.165, 1.54) is 12.0 Å². The molecule has 1 aliphatic heterocycles. The molecule has 7 nitrogen and oxygen atoms in total. The molecule has 2 aliphatic rings. The van der Waals surface area contributed by atoms with Crippen molar-refractivity contribution < 1.29 is 23.9 Å². The van der Waals surface area contributed by atoms with Crippen molar-refractivity contribution in [2.24, 2.45) is 17.8 Å². The summed E-state index contributed by atoms with van der Waals surface area (Å²) in [5.41, 5.74) is 0.521. The minimum absolute atomic E-state index is 0.136. The molecular weight excluding hydrogens is 384 g/mol. The van der Waals surface area contributed by atoms with Crippen LogP contribution in [0.5, 0.6) is 11.5 Å². The Morgan fingerprint density at radius 3 is 2.30 bits per heavy atom. The summed E-state index contributed by atoms with van der Waals surface area (Å²) in [6, 6.07) is 4.28. The Hall–Kier alpha value is -2.83. The molecule has 1 fully saturated rings. The van der Waals surface area contributed by atoms with E-state index in [9.17, 15) is 14.4 Å². The minimum Gasteiger partial charge on any atom is -0.493 e. The van der Waals surface area contributed by atoms with Gasteiger partial charge in [-0.3, -0.25) is 19.3 Å². The molecule has 162 valence electrons. The number of allylic oxidation sites excluding steroid dienone is 2. The van der Waals surface area contributed by atoms with Crippen molar-refractivity contribution in [3.8, 4) is 11.5 Å². The van der Waals surface area contributed by atoms with Crippen LogP contribution in [0.25, 0.3) is 0 Å². The van der Waals surface area contributed by atoms with Crippen molar-refractivity contribution in [3.63, 3.8) is 0 Å². The fourth-order valence-corrected chi connectivity index (χ4v) is 4.16. The van der Waals surface area contributed by atoms with Crippen LogP contribution in [0.4, 0.5) is 5.69 Å². The summed E-state index contributed by atoms with van der Waals surface area (Å²) in [7, 11) is 1.53. The Kier molecular flexibility index (Phi) is 6.80. The lowest BCUT2D eigenvalue weighted by atomic mass is 9.85. The Morgan fingerprint density at radius 2 is 1.77 bits per heavy atom. The Morgan fingerprint density at radius 1 is 1.13 bits per heavy atom. The van der Waals surface area contributed by atoms with Gasteiger partial charge in [-0.25, -0.2) is 0 Å². The first-order valence-electron chi connectivity index (χ1n) is 10.5. The van der Waals surface area contributed by atoms with Crippen LogP contribution in [0.1, 0.15) is 40.0 Å². The number of benzene rings is 1. The summed E-state index contributed by atoms with van der Waals surface area (Å²) in [4.78, 5) is 40.4. The average Bonchev–Trinajstić information content (AvgIpc) is 2.98. The van der Waals surface area contributed by atoms with Gasteiger partial charge in [0.2, 0.25) is 17.7 Å². The zero-order valence-electron chi connectivity index (χ0n) is 18.0. The highest BCUT2D eigenvalue weighted by Crippen LogP contribution is 2.37. The first-order valence-corrected chi connectivity index (χ1v) is 10.5. The zero-order chi connectivity index (χ0) is 21.8. The number of hydrogen-bond acceptors (Lipinski definition) is 5. The number of nitrogens with zero attached hydrogens (tertiary/aromatic N) is 1. The lowest BCUT2D eigenvalue weighted by Crippen LogP contribution is -2.48. The molecule has 3 amide bonds. The van der Waals surface area contributed by atoms with Crippen molar-refractivity contribution in [1.29, 1.82) is 0 Å². The Bertz CT molecular complexity index is 822. The SMILES string of the molecule is CCOc1ccc(NC(=O)[C@H](CC(C)C)N2C(=O)[C@H]3CC=CC[C@@H]3C2=O)cc1OC. The number of methoxy groups -OCH3 is 1. The molecule has 3 rings (SSSR count). The van der Waals surface area contributed by atoms with Gasteiger partial charge in [0.1, 0.15) is 6.04 Å². The van der Waals surface area contributed by atoms with Crippen molar-refractivity contribution in [2.45, 2.75) is 46.1 Å². The molecule has 0 aromatic heterocycles. The third kappa shape index (κ3) is 4.35. The first-order chi connectivity index (χ1) is 14.4. The van der Waals surface area contributed by atoms with E-state index in [4.69, 9.17) is 9.47 Å². The van der Waals surface area contributed by atoms with Gasteiger partial charge in [-0.05, 0) is 44.2 Å². The molecule has 1 N–H and O–H groups in total. The normalized spacial score (nSPS) is 21.6. The number of amides is 3. The molecule has 1 heterocycles. The van der Waals surface area contributed by atoms with Gasteiger partial charge in [-0.1, -0.05) is 26.0 Å². The van der Waals surface area contributed by atoms with Crippen molar-refractivity contribution in [1.82, 2.24) is 4.90 Å². The van der Waals surface area contributed by atoms with E-state index in [1.807, 2.05) is 32.9 Å². The molecule has 0 bridgehead atoms. The van der Waals surface area contributed by atoms with E-state index in [0.29, 0.717) is 43.1 Å². The molecule has 0 saturated carbocycles. The molecule has 30 heavy (non-hydrogen) atoms. The van der Waals surface area contributed by atoms with E-state index in [-0.39, 0.29) is 35.5 Å². The summed E-state index contributed by atoms with van der Waals surface area (Å²) < 4.78 is 10.9. The highest BCUT2D eigenvalue weighted by Gasteiger charge is 2.51. The summed E-state index contributed by atoms with van der Waals surface area (Å²) in [6.45, 7) is 6.32. The van der Waals surface area contributed by atoms with Crippen LogP contribution in [-0.2, 0) is 14.4 Å². The number of nitrogens with one attached hydrogen (secondary N) is 1. The second-order valence-corrected chi connectivity index (χ2v) is 8.14. The molecule has 1 aromatic carbocycles. The van der Waals surface area contributed by atoms with Crippen LogP contribution in [0.15, 0.2) is 30.4 Å². The highest BCUT2D eigenvalue weighted by molar-refractivity contribution is 6.10. The lowest BCUT2D eigenvalue weighted by Gasteiger charge is -2.27. The van der Waals surface area contributed by atoms with Crippen LogP contribution >= 0.6 is 0 Å². The van der Waals surface area contributed by atoms with Gasteiger partial charge in [-0.2, -0.15) is 0 Å². The summed E-state index contributed by atoms with van der Waals surface area (Å²) in [6.07, 6.45) is 5.40. The number of anilines is 1. The third-order valence-electron chi connectivity index (χ3n) is 5.58. The predicted molar refractivity (Wildman–Crippen MR) is 113 cm³/mol. The van der Waals surface area contributed by atoms with Crippen molar-refractivity contribution in [3.05, 3.63) is 30.4 Å². The smallest absolute Gasteiger partial charge is 0.247 e. The second-order valence-electron chi connectivity index (χ2n) is 8.14. The van der Waals surface area contributed by atoms with Crippen LogP contribution in [0.3, 0.4) is 0 Å². The van der Waals surface area contributed by atoms with Crippen LogP contribution in [0.2, 0.25) is 0 Å². The molecule has 0 unspecified atom stereocenters. The first kappa shape index (κ1) is 21.9. The molecule has 0 spiro atoms. The largest absolute Gasteiger partial charge is 0.493 e. The van der Waals surface area contributed by atoms with E-state index in [2.05, 4.69) is 5.32 Å². The molecule has 7 heteroatoms. The van der Waals surface area contributed by atoms with Crippen LogP contribution < -0.4 is 14.8 Å². The van der Waals surface area contributed by atoms with Gasteiger partial charge in [0.25, 0.3) is 0 Å². The number of rotatable bonds is 8. The summed E-state index contributed by atoms with van der Waals surface area (Å²) in [5.74, 6) is -0.330. The van der Waals surface area contributed by atoms with Crippen LogP contribution in [0, 0.1) is 17.8 Å². The van der Waals surface area contributed by atoms with E-state index < -0.39 is 6.04 Å². The number of carbonyl (C=O) groups is 3. The van der Waals surface area contributed by atoms with E-state index in [1.54, 1.807) is 18.2 Å². The van der Waals surface area contributed by atoms with Crippen LogP contribution in [-0.4, -0.2) is 42.4 Å². The monoisotopic (exact) mass is 414 g/mol. The number of imide groups is 1. The number of fused-ring (bicyclic) bond motifs is 1. The van der Waals surface area contributed by atoms with Crippen molar-refractivity contribution >= 4 is 23.4 Å². The molecule has 1 saturated heterocycles. The van der Waals surface area contributed by atoms with Gasteiger partial charge < -0.3 is 14.8 Å². The van der Waals surface area contributed by atoms with E-state index >= 15 is 0 Å². The summed E-state index contributed by atoms with van der Waals surface area (Å²) >= 11 is 0. The van der Waals surface area contributed by atoms with Gasteiger partial charge in [0, 0.05) is 11.8 Å². The zero-order valence-corrected chi connectivity index (χ0v) is 18.0. The number of carbonyl (C=O) groups excluding carboxylic acids is 3. The maximum Gasteiger partial charge on any atom is 0.247 e. The van der Waals surface area contributed by atoms with Gasteiger partial charge in [0.05, 0.1) is 25.6 Å². The maximum absolute atomic E-state index is 13.2. The Balaban J connectivity index is 1.83. The quantitative estimate of drug-likeness (QED) is 0.521. The molecule has 1 aromatic rings. The number of hydrogen-bond donors (Lipinski definition) is 1. The molecule has 1 aliphatic carbocycles. The molecule has 0 radical (unpaired) electrons. The fraction of sp³-hybridized carbons (Fsp3) is 0.522. The minimum atomic E-state index is -0.840. The van der Waals surface area contributed by atoms with Gasteiger partial charge >= 0.3 is 0 Å². The maximum atomic E-state index is 13.2. The Labute approximate surface area is 177 Å². The topological polar surface area (TPSA) is 84.9 Å². The average molecular weight is 415 g/mol. The predicted octanol–water partition coefficient (Wildman–Crippen LogP) is 3.40. The molecular formula is C23H30N2O5. The number of likely N-dealkylation sites (tertiary alicyclic amines) is 1. The van der Waals surface area contributed by atoms with E-state index in [0.717, 1.165) is 0 Å². The van der Waals surface area contributed by atoms with Gasteiger partial charge in [0.15, 0.2) is 11.5 Å². The lowest BCUT2D eigenvalue weighted by molar-refractivity contribution is -0.147. The third-order valence-corrected chi connectivity index (χ3v) is 5.58. The van der Waals surface area contributed by atoms with Gasteiger partial charge in [-0.15, -0.1) is 0 Å². The van der Waals surface area contributed by atoms with Crippen molar-refractivity contribution in [2.75, 3.05) is 19.0 Å². The summed E-state index contributed by atoms with van der Waals surface area (Å²) in [5, 5.41) is 2.85.